The highest BCUT2D eigenvalue weighted by molar-refractivity contribution is 5.29. The van der Waals surface area contributed by atoms with E-state index in [0.29, 0.717) is 12.3 Å². The van der Waals surface area contributed by atoms with E-state index in [9.17, 15) is 8.78 Å². The van der Waals surface area contributed by atoms with Crippen LogP contribution in [0.15, 0.2) is 12.1 Å². The van der Waals surface area contributed by atoms with Crippen LogP contribution < -0.4 is 0 Å². The molecule has 1 aliphatic rings. The normalized spacial score (nSPS) is 23.0. The van der Waals surface area contributed by atoms with Crippen LogP contribution in [0.25, 0.3) is 0 Å². The summed E-state index contributed by atoms with van der Waals surface area (Å²) in [5, 5.41) is 0. The molecule has 0 unspecified atom stereocenters. The lowest BCUT2D eigenvalue weighted by molar-refractivity contribution is 0.307. The maximum Gasteiger partial charge on any atom is 0.129 e. The Morgan fingerprint density at radius 2 is 1.55 bits per heavy atom. The van der Waals surface area contributed by atoms with E-state index >= 15 is 0 Å². The van der Waals surface area contributed by atoms with Gasteiger partial charge < -0.3 is 0 Å². The molecule has 112 valence electrons. The highest BCUT2D eigenvalue weighted by Gasteiger charge is 2.23. The number of hydrogen-bond donors (Lipinski definition) is 0. The first-order valence-electron chi connectivity index (χ1n) is 8.13. The Morgan fingerprint density at radius 1 is 0.950 bits per heavy atom. The third kappa shape index (κ3) is 3.59. The number of hydrogen-bond acceptors (Lipinski definition) is 0. The molecule has 2 heteroatoms. The van der Waals surface area contributed by atoms with Gasteiger partial charge in [-0.25, -0.2) is 8.78 Å². The maximum absolute atomic E-state index is 14.0. The highest BCUT2D eigenvalue weighted by atomic mass is 19.1. The smallest absolute Gasteiger partial charge is 0.129 e. The van der Waals surface area contributed by atoms with Crippen LogP contribution in [0.2, 0.25) is 0 Å². The van der Waals surface area contributed by atoms with Crippen molar-refractivity contribution in [2.45, 2.75) is 71.1 Å². The lowest BCUT2D eigenvalue weighted by Crippen LogP contribution is -2.14. The van der Waals surface area contributed by atoms with Gasteiger partial charge in [0, 0.05) is 5.56 Å². The first-order valence-corrected chi connectivity index (χ1v) is 8.13. The molecule has 2 rings (SSSR count). The molecule has 0 heterocycles. The van der Waals surface area contributed by atoms with Crippen molar-refractivity contribution in [1.82, 2.24) is 0 Å². The van der Waals surface area contributed by atoms with E-state index in [2.05, 4.69) is 6.92 Å². The van der Waals surface area contributed by atoms with Crippen LogP contribution in [0, 0.1) is 17.6 Å². The van der Waals surface area contributed by atoms with Gasteiger partial charge in [0.25, 0.3) is 0 Å². The fourth-order valence-electron chi connectivity index (χ4n) is 3.54. The molecule has 1 aromatic carbocycles. The van der Waals surface area contributed by atoms with Gasteiger partial charge >= 0.3 is 0 Å². The van der Waals surface area contributed by atoms with Crippen LogP contribution in [0.5, 0.6) is 0 Å². The van der Waals surface area contributed by atoms with Crippen LogP contribution in [0.1, 0.15) is 75.8 Å². The zero-order valence-electron chi connectivity index (χ0n) is 12.7. The summed E-state index contributed by atoms with van der Waals surface area (Å²) in [5.74, 6) is 0.475. The van der Waals surface area contributed by atoms with Gasteiger partial charge in [0.2, 0.25) is 0 Å². The number of benzene rings is 1. The Labute approximate surface area is 121 Å². The largest absolute Gasteiger partial charge is 0.207 e. The van der Waals surface area contributed by atoms with E-state index in [1.165, 1.54) is 25.7 Å². The zero-order valence-corrected chi connectivity index (χ0v) is 12.7. The summed E-state index contributed by atoms with van der Waals surface area (Å²) >= 11 is 0. The summed E-state index contributed by atoms with van der Waals surface area (Å²) < 4.78 is 28.0. The molecule has 1 aromatic rings. The van der Waals surface area contributed by atoms with Crippen molar-refractivity contribution in [1.29, 1.82) is 0 Å². The van der Waals surface area contributed by atoms with Gasteiger partial charge in [0.05, 0.1) is 0 Å². The first-order chi connectivity index (χ1) is 9.65. The monoisotopic (exact) mass is 280 g/mol. The predicted octanol–water partition coefficient (Wildman–Crippen LogP) is 5.99. The van der Waals surface area contributed by atoms with Gasteiger partial charge in [-0.3, -0.25) is 0 Å². The lowest BCUT2D eigenvalue weighted by atomic mass is 9.77. The Bertz CT molecular complexity index is 408. The van der Waals surface area contributed by atoms with Crippen LogP contribution >= 0.6 is 0 Å². The number of halogens is 2. The summed E-state index contributed by atoms with van der Waals surface area (Å²) in [6, 6.07) is 3.16. The molecule has 0 aliphatic heterocycles. The molecule has 0 amide bonds. The van der Waals surface area contributed by atoms with Crippen molar-refractivity contribution in [3.8, 4) is 0 Å². The Morgan fingerprint density at radius 3 is 2.05 bits per heavy atom. The summed E-state index contributed by atoms with van der Waals surface area (Å²) in [5.41, 5.74) is 1.13. The second-order valence-electron chi connectivity index (χ2n) is 6.22. The fourth-order valence-corrected chi connectivity index (χ4v) is 3.54. The molecule has 0 saturated heterocycles. The molecular weight excluding hydrogens is 254 g/mol. The summed E-state index contributed by atoms with van der Waals surface area (Å²) in [6.45, 7) is 4.17. The van der Waals surface area contributed by atoms with E-state index in [1.54, 1.807) is 12.1 Å². The Hall–Kier alpha value is -0.920. The average Bonchev–Trinajstić information content (AvgIpc) is 2.44. The quantitative estimate of drug-likeness (QED) is 0.621. The van der Waals surface area contributed by atoms with Crippen molar-refractivity contribution in [2.75, 3.05) is 0 Å². The van der Waals surface area contributed by atoms with Crippen LogP contribution in [0.3, 0.4) is 0 Å². The molecule has 0 bridgehead atoms. The van der Waals surface area contributed by atoms with E-state index in [1.807, 2.05) is 6.92 Å². The lowest BCUT2D eigenvalue weighted by Gasteiger charge is -2.29. The molecule has 0 N–H and O–H groups in total. The van der Waals surface area contributed by atoms with Crippen molar-refractivity contribution in [2.24, 2.45) is 5.92 Å². The van der Waals surface area contributed by atoms with Crippen LogP contribution in [-0.2, 0) is 6.42 Å². The van der Waals surface area contributed by atoms with Gasteiger partial charge in [-0.2, -0.15) is 0 Å². The van der Waals surface area contributed by atoms with Crippen molar-refractivity contribution in [3.63, 3.8) is 0 Å². The molecule has 0 atom stereocenters. The third-order valence-corrected chi connectivity index (χ3v) is 4.68. The Balaban J connectivity index is 2.07. The SMILES string of the molecule is CCCc1c(F)cc([C@H]2CC[C@H](CCC)CC2)cc1F. The summed E-state index contributed by atoms with van der Waals surface area (Å²) in [7, 11) is 0. The first kappa shape index (κ1) is 15.5. The van der Waals surface area contributed by atoms with Gasteiger partial charge in [-0.05, 0) is 61.6 Å². The van der Waals surface area contributed by atoms with E-state index in [4.69, 9.17) is 0 Å². The number of rotatable bonds is 5. The summed E-state index contributed by atoms with van der Waals surface area (Å²) in [6.07, 6.45) is 8.37. The molecule has 0 radical (unpaired) electrons. The van der Waals surface area contributed by atoms with Crippen LogP contribution in [0.4, 0.5) is 8.78 Å². The Kier molecular flexibility index (Phi) is 5.56. The van der Waals surface area contributed by atoms with Gasteiger partial charge in [0.1, 0.15) is 11.6 Å². The van der Waals surface area contributed by atoms with Crippen molar-refractivity contribution >= 4 is 0 Å². The second-order valence-corrected chi connectivity index (χ2v) is 6.22. The van der Waals surface area contributed by atoms with Crippen LogP contribution in [-0.4, -0.2) is 0 Å². The fraction of sp³-hybridized carbons (Fsp3) is 0.667. The minimum Gasteiger partial charge on any atom is -0.207 e. The molecule has 0 spiro atoms. The standard InChI is InChI=1S/C18H26F2/c1-3-5-13-7-9-14(10-8-13)15-11-17(19)16(6-4-2)18(20)12-15/h11-14H,3-10H2,1-2H3/t13-,14-. The third-order valence-electron chi connectivity index (χ3n) is 4.68. The predicted molar refractivity (Wildman–Crippen MR) is 80.0 cm³/mol. The van der Waals surface area contributed by atoms with Gasteiger partial charge in [0.15, 0.2) is 0 Å². The average molecular weight is 280 g/mol. The zero-order chi connectivity index (χ0) is 14.5. The minimum absolute atomic E-state index is 0.260. The van der Waals surface area contributed by atoms with Crippen molar-refractivity contribution < 1.29 is 8.78 Å². The molecule has 0 aromatic heterocycles. The second kappa shape index (κ2) is 7.19. The van der Waals surface area contributed by atoms with Crippen molar-refractivity contribution in [3.05, 3.63) is 34.9 Å². The maximum atomic E-state index is 14.0. The van der Waals surface area contributed by atoms with Gasteiger partial charge in [-0.15, -0.1) is 0 Å². The van der Waals surface area contributed by atoms with E-state index < -0.39 is 0 Å². The topological polar surface area (TPSA) is 0 Å². The molecule has 1 saturated carbocycles. The highest BCUT2D eigenvalue weighted by Crippen LogP contribution is 2.38. The van der Waals surface area contributed by atoms with E-state index in [-0.39, 0.29) is 17.2 Å². The molecule has 0 nitrogen and oxygen atoms in total. The molecule has 1 fully saturated rings. The van der Waals surface area contributed by atoms with E-state index in [0.717, 1.165) is 30.7 Å². The molecular formula is C18H26F2. The molecule has 1 aliphatic carbocycles. The van der Waals surface area contributed by atoms with Gasteiger partial charge in [-0.1, -0.05) is 33.1 Å². The minimum atomic E-state index is -0.350. The summed E-state index contributed by atoms with van der Waals surface area (Å²) in [4.78, 5) is 0. The molecule has 20 heavy (non-hydrogen) atoms.